The van der Waals surface area contributed by atoms with Gasteiger partial charge < -0.3 is 14.3 Å². The Bertz CT molecular complexity index is 1150. The summed E-state index contributed by atoms with van der Waals surface area (Å²) >= 11 is 0. The fraction of sp³-hybridized carbons (Fsp3) is 0.100. The highest BCUT2D eigenvalue weighted by Crippen LogP contribution is 2.27. The van der Waals surface area contributed by atoms with Gasteiger partial charge in [-0.2, -0.15) is 5.26 Å². The average Bonchev–Trinajstić information content (AvgIpc) is 3.36. The number of amides is 1. The maximum atomic E-state index is 12.8. The molecule has 0 aliphatic rings. The van der Waals surface area contributed by atoms with Crippen LogP contribution in [0.4, 0.5) is 0 Å². The van der Waals surface area contributed by atoms with Gasteiger partial charge in [0.15, 0.2) is 5.76 Å². The van der Waals surface area contributed by atoms with Crippen molar-refractivity contribution in [1.29, 1.82) is 5.26 Å². The number of hydrogen-bond acceptors (Lipinski definition) is 6. The Morgan fingerprint density at radius 2 is 2.07 bits per heavy atom. The summed E-state index contributed by atoms with van der Waals surface area (Å²) in [5.74, 6) is 0.262. The predicted molar refractivity (Wildman–Crippen MR) is 96.6 cm³/mol. The molecule has 27 heavy (non-hydrogen) atoms. The van der Waals surface area contributed by atoms with Crippen LogP contribution in [0.5, 0.6) is 0 Å². The van der Waals surface area contributed by atoms with Gasteiger partial charge in [-0.15, -0.1) is 0 Å². The zero-order valence-corrected chi connectivity index (χ0v) is 14.4. The van der Waals surface area contributed by atoms with Crippen LogP contribution in [0.2, 0.25) is 0 Å². The van der Waals surface area contributed by atoms with Crippen LogP contribution in [-0.2, 0) is 6.54 Å². The Morgan fingerprint density at radius 1 is 1.26 bits per heavy atom. The van der Waals surface area contributed by atoms with Gasteiger partial charge in [0.25, 0.3) is 11.6 Å². The zero-order valence-electron chi connectivity index (χ0n) is 14.4. The van der Waals surface area contributed by atoms with E-state index < -0.39 is 0 Å². The lowest BCUT2D eigenvalue weighted by atomic mass is 10.1. The van der Waals surface area contributed by atoms with Crippen LogP contribution in [-0.4, -0.2) is 16.0 Å². The van der Waals surface area contributed by atoms with Crippen LogP contribution in [0.25, 0.3) is 22.6 Å². The molecule has 0 saturated carbocycles. The number of hydrogen-bond donors (Lipinski definition) is 1. The first-order valence-electron chi connectivity index (χ1n) is 8.24. The highest BCUT2D eigenvalue weighted by Gasteiger charge is 2.20. The van der Waals surface area contributed by atoms with Gasteiger partial charge in [-0.1, -0.05) is 17.3 Å². The van der Waals surface area contributed by atoms with Crippen molar-refractivity contribution in [3.05, 3.63) is 71.1 Å². The minimum atomic E-state index is -0.272. The Morgan fingerprint density at radius 3 is 2.78 bits per heavy atom. The molecule has 0 bridgehead atoms. The van der Waals surface area contributed by atoms with E-state index in [1.807, 2.05) is 0 Å². The molecule has 1 amide bonds. The number of aryl methyl sites for hydroxylation is 1. The van der Waals surface area contributed by atoms with E-state index in [4.69, 9.17) is 14.2 Å². The van der Waals surface area contributed by atoms with Crippen LogP contribution in [0.15, 0.2) is 57.7 Å². The zero-order chi connectivity index (χ0) is 18.8. The Hall–Kier alpha value is -3.92. The van der Waals surface area contributed by atoms with Crippen LogP contribution in [0.1, 0.15) is 27.2 Å². The van der Waals surface area contributed by atoms with Gasteiger partial charge in [0.1, 0.15) is 5.69 Å². The number of furan rings is 1. The van der Waals surface area contributed by atoms with Crippen molar-refractivity contribution in [2.45, 2.75) is 13.5 Å². The maximum Gasteiger partial charge on any atom is 0.259 e. The van der Waals surface area contributed by atoms with E-state index in [0.29, 0.717) is 40.2 Å². The number of rotatable bonds is 4. The number of carbonyl (C=O) groups is 1. The molecular formula is C20H14N4O3. The predicted octanol–water partition coefficient (Wildman–Crippen LogP) is 3.59. The molecule has 0 aliphatic heterocycles. The van der Waals surface area contributed by atoms with E-state index in [0.717, 1.165) is 5.56 Å². The van der Waals surface area contributed by atoms with Gasteiger partial charge in [-0.25, -0.2) is 4.98 Å². The number of nitriles is 1. The highest BCUT2D eigenvalue weighted by molar-refractivity contribution is 6.06. The summed E-state index contributed by atoms with van der Waals surface area (Å²) in [4.78, 5) is 17.2. The minimum Gasteiger partial charge on any atom is -0.463 e. The molecule has 132 valence electrons. The Labute approximate surface area is 154 Å². The first kappa shape index (κ1) is 16.5. The summed E-state index contributed by atoms with van der Waals surface area (Å²) in [6.45, 7) is 2.09. The van der Waals surface area contributed by atoms with E-state index in [9.17, 15) is 4.79 Å². The normalized spacial score (nSPS) is 10.7. The molecule has 0 atom stereocenters. The summed E-state index contributed by atoms with van der Waals surface area (Å²) in [6.07, 6.45) is 1.54. The number of aromatic nitrogens is 2. The SMILES string of the molecule is Cc1noc2nc(-c3ccco3)cc(C(=O)NCc3ccc(C#N)cc3)c12. The molecular weight excluding hydrogens is 344 g/mol. The van der Waals surface area contributed by atoms with Gasteiger partial charge in [0.2, 0.25) is 0 Å². The third kappa shape index (κ3) is 3.16. The number of carbonyl (C=O) groups excluding carboxylic acids is 1. The van der Waals surface area contributed by atoms with E-state index in [2.05, 4.69) is 21.5 Å². The number of fused-ring (bicyclic) bond motifs is 1. The van der Waals surface area contributed by atoms with Crippen molar-refractivity contribution in [1.82, 2.24) is 15.5 Å². The van der Waals surface area contributed by atoms with Crippen LogP contribution in [0.3, 0.4) is 0 Å². The largest absolute Gasteiger partial charge is 0.463 e. The molecule has 0 spiro atoms. The quantitative estimate of drug-likeness (QED) is 0.598. The molecule has 0 radical (unpaired) electrons. The van der Waals surface area contributed by atoms with Gasteiger partial charge in [-0.3, -0.25) is 4.79 Å². The van der Waals surface area contributed by atoms with Gasteiger partial charge >= 0.3 is 0 Å². The standard InChI is InChI=1S/C20H14N4O3/c1-12-18-15(19(25)22-11-14-6-4-13(10-21)5-7-14)9-16(17-3-2-8-26-17)23-20(18)27-24-12/h2-9H,11H2,1H3,(H,22,25). The molecule has 3 heterocycles. The minimum absolute atomic E-state index is 0.272. The van der Waals surface area contributed by atoms with Crippen molar-refractivity contribution < 1.29 is 13.7 Å². The average molecular weight is 358 g/mol. The molecule has 0 aliphatic carbocycles. The molecule has 4 rings (SSSR count). The highest BCUT2D eigenvalue weighted by atomic mass is 16.5. The van der Waals surface area contributed by atoms with Crippen molar-refractivity contribution in [3.63, 3.8) is 0 Å². The summed E-state index contributed by atoms with van der Waals surface area (Å²) in [5, 5.41) is 16.2. The van der Waals surface area contributed by atoms with Crippen LogP contribution in [0, 0.1) is 18.3 Å². The van der Waals surface area contributed by atoms with Crippen molar-refractivity contribution in [3.8, 4) is 17.5 Å². The molecule has 7 nitrogen and oxygen atoms in total. The van der Waals surface area contributed by atoms with Crippen molar-refractivity contribution in [2.75, 3.05) is 0 Å². The third-order valence-electron chi connectivity index (χ3n) is 4.17. The fourth-order valence-electron chi connectivity index (χ4n) is 2.80. The lowest BCUT2D eigenvalue weighted by Gasteiger charge is -2.08. The number of pyridine rings is 1. The molecule has 0 saturated heterocycles. The topological polar surface area (TPSA) is 105 Å². The second-order valence-electron chi connectivity index (χ2n) is 5.97. The summed E-state index contributed by atoms with van der Waals surface area (Å²) in [5.41, 5.74) is 3.24. The molecule has 3 aromatic heterocycles. The van der Waals surface area contributed by atoms with E-state index >= 15 is 0 Å². The smallest absolute Gasteiger partial charge is 0.259 e. The number of benzene rings is 1. The van der Waals surface area contributed by atoms with Crippen molar-refractivity contribution in [2.24, 2.45) is 0 Å². The number of nitrogens with zero attached hydrogens (tertiary/aromatic N) is 3. The second-order valence-corrected chi connectivity index (χ2v) is 5.97. The summed E-state index contributed by atoms with van der Waals surface area (Å²) in [6, 6.07) is 14.3. The summed E-state index contributed by atoms with van der Waals surface area (Å²) < 4.78 is 10.6. The molecule has 1 N–H and O–H groups in total. The maximum absolute atomic E-state index is 12.8. The summed E-state index contributed by atoms with van der Waals surface area (Å²) in [7, 11) is 0. The van der Waals surface area contributed by atoms with Crippen LogP contribution >= 0.6 is 0 Å². The molecule has 4 aromatic rings. The molecule has 0 fully saturated rings. The van der Waals surface area contributed by atoms with Gasteiger partial charge in [0.05, 0.1) is 34.5 Å². The molecule has 0 unspecified atom stereocenters. The second kappa shape index (κ2) is 6.77. The van der Waals surface area contributed by atoms with Crippen LogP contribution < -0.4 is 5.32 Å². The lowest BCUT2D eigenvalue weighted by molar-refractivity contribution is 0.0952. The molecule has 1 aromatic carbocycles. The van der Waals surface area contributed by atoms with Crippen molar-refractivity contribution >= 4 is 17.0 Å². The first-order chi connectivity index (χ1) is 13.2. The molecule has 7 heteroatoms. The Kier molecular flexibility index (Phi) is 4.15. The van der Waals surface area contributed by atoms with E-state index in [1.54, 1.807) is 49.4 Å². The monoisotopic (exact) mass is 358 g/mol. The third-order valence-corrected chi connectivity index (χ3v) is 4.17. The van der Waals surface area contributed by atoms with Gasteiger partial charge in [0, 0.05) is 6.54 Å². The van der Waals surface area contributed by atoms with Gasteiger partial charge in [-0.05, 0) is 42.8 Å². The first-order valence-corrected chi connectivity index (χ1v) is 8.24. The number of nitrogens with one attached hydrogen (secondary N) is 1. The fourth-order valence-corrected chi connectivity index (χ4v) is 2.80. The lowest BCUT2D eigenvalue weighted by Crippen LogP contribution is -2.23. The van der Waals surface area contributed by atoms with E-state index in [1.165, 1.54) is 6.26 Å². The Balaban J connectivity index is 1.65. The van der Waals surface area contributed by atoms with E-state index in [-0.39, 0.29) is 11.6 Å².